The molecule has 0 N–H and O–H groups in total. The van der Waals surface area contributed by atoms with E-state index in [1.165, 1.54) is 5.56 Å². The summed E-state index contributed by atoms with van der Waals surface area (Å²) < 4.78 is 39.2. The molecule has 2 aromatic heterocycles. The Bertz CT molecular complexity index is 1050. The van der Waals surface area contributed by atoms with Gasteiger partial charge in [0.1, 0.15) is 17.6 Å². The van der Waals surface area contributed by atoms with Crippen LogP contribution in [-0.2, 0) is 6.42 Å². The number of alkyl halides is 2. The first kappa shape index (κ1) is 18.1. The highest BCUT2D eigenvalue weighted by Crippen LogP contribution is 2.31. The molecule has 3 aromatic rings. The van der Waals surface area contributed by atoms with Crippen molar-refractivity contribution < 1.29 is 18.3 Å². The summed E-state index contributed by atoms with van der Waals surface area (Å²) >= 11 is 0. The topological polar surface area (TPSA) is 64.8 Å². The second-order valence-electron chi connectivity index (χ2n) is 7.45. The number of rotatable bonds is 4. The van der Waals surface area contributed by atoms with Gasteiger partial charge in [-0.15, -0.1) is 15.3 Å². The van der Waals surface area contributed by atoms with E-state index in [0.29, 0.717) is 11.5 Å². The van der Waals surface area contributed by atoms with Crippen LogP contribution in [0.5, 0.6) is 11.5 Å². The van der Waals surface area contributed by atoms with Crippen molar-refractivity contribution in [2.24, 2.45) is 0 Å². The van der Waals surface area contributed by atoms with Crippen LogP contribution in [0, 0.1) is 6.92 Å². The van der Waals surface area contributed by atoms with Crippen LogP contribution in [-0.4, -0.2) is 45.6 Å². The third-order valence-electron chi connectivity index (χ3n) is 5.49. The Morgan fingerprint density at radius 3 is 2.79 bits per heavy atom. The summed E-state index contributed by atoms with van der Waals surface area (Å²) in [5, 5.41) is 11.8. The van der Waals surface area contributed by atoms with Gasteiger partial charge in [-0.2, -0.15) is 4.52 Å². The van der Waals surface area contributed by atoms with E-state index in [1.54, 1.807) is 6.07 Å². The quantitative estimate of drug-likeness (QED) is 0.668. The summed E-state index contributed by atoms with van der Waals surface area (Å²) in [6.07, 6.45) is -0.0309. The molecule has 0 bridgehead atoms. The molecule has 9 heteroatoms. The Balaban J connectivity index is 1.29. The zero-order valence-corrected chi connectivity index (χ0v) is 16.0. The minimum absolute atomic E-state index is 0.0984. The van der Waals surface area contributed by atoms with E-state index < -0.39 is 12.2 Å². The van der Waals surface area contributed by atoms with Gasteiger partial charge in [-0.3, -0.25) is 0 Å². The largest absolute Gasteiger partial charge is 0.493 e. The maximum atomic E-state index is 13.1. The number of piperidine rings is 1. The third kappa shape index (κ3) is 3.34. The SMILES string of the molecule is Cc1cc2nnc(C(F)F)n2nc1N1CCC(Oc2ccc3c(c2)OCC3)CC1. The highest BCUT2D eigenvalue weighted by Gasteiger charge is 2.25. The third-order valence-corrected chi connectivity index (χ3v) is 5.49. The van der Waals surface area contributed by atoms with Crippen LogP contribution < -0.4 is 14.4 Å². The number of benzene rings is 1. The molecule has 1 saturated heterocycles. The van der Waals surface area contributed by atoms with Gasteiger partial charge in [0, 0.05) is 38.4 Å². The number of aromatic nitrogens is 4. The summed E-state index contributed by atoms with van der Waals surface area (Å²) in [6.45, 7) is 4.11. The fraction of sp³-hybridized carbons (Fsp3) is 0.450. The number of anilines is 1. The number of nitrogens with zero attached hydrogens (tertiary/aromatic N) is 5. The minimum Gasteiger partial charge on any atom is -0.493 e. The van der Waals surface area contributed by atoms with Gasteiger partial charge in [-0.1, -0.05) is 6.07 Å². The monoisotopic (exact) mass is 401 g/mol. The van der Waals surface area contributed by atoms with E-state index in [9.17, 15) is 8.78 Å². The molecule has 0 spiro atoms. The smallest absolute Gasteiger partial charge is 0.299 e. The molecule has 0 atom stereocenters. The van der Waals surface area contributed by atoms with Crippen molar-refractivity contribution in [3.05, 3.63) is 41.2 Å². The van der Waals surface area contributed by atoms with Crippen molar-refractivity contribution in [3.8, 4) is 11.5 Å². The number of aryl methyl sites for hydroxylation is 1. The normalized spacial score (nSPS) is 17.0. The lowest BCUT2D eigenvalue weighted by atomic mass is 10.1. The van der Waals surface area contributed by atoms with Crippen molar-refractivity contribution in [2.45, 2.75) is 38.7 Å². The molecule has 1 fully saturated rings. The lowest BCUT2D eigenvalue weighted by Crippen LogP contribution is -2.39. The molecule has 4 heterocycles. The van der Waals surface area contributed by atoms with Gasteiger partial charge in [0.05, 0.1) is 6.61 Å². The van der Waals surface area contributed by atoms with Gasteiger partial charge in [0.2, 0.25) is 5.82 Å². The lowest BCUT2D eigenvalue weighted by molar-refractivity contribution is 0.137. The van der Waals surface area contributed by atoms with E-state index in [0.717, 1.165) is 60.5 Å². The Morgan fingerprint density at radius 2 is 2.00 bits per heavy atom. The summed E-state index contributed by atoms with van der Waals surface area (Å²) in [4.78, 5) is 2.11. The first-order valence-electron chi connectivity index (χ1n) is 9.77. The highest BCUT2D eigenvalue weighted by atomic mass is 19.3. The average molecular weight is 401 g/mol. The van der Waals surface area contributed by atoms with Gasteiger partial charge in [-0.05, 0) is 30.2 Å². The Labute approximate surface area is 166 Å². The number of hydrogen-bond acceptors (Lipinski definition) is 6. The fourth-order valence-electron chi connectivity index (χ4n) is 3.98. The van der Waals surface area contributed by atoms with Gasteiger partial charge in [0.25, 0.3) is 6.43 Å². The summed E-state index contributed by atoms with van der Waals surface area (Å²) in [5.41, 5.74) is 2.45. The predicted octanol–water partition coefficient (Wildman–Crippen LogP) is 3.35. The van der Waals surface area contributed by atoms with Crippen LogP contribution in [0.3, 0.4) is 0 Å². The molecule has 152 valence electrons. The molecule has 7 nitrogen and oxygen atoms in total. The van der Waals surface area contributed by atoms with Crippen LogP contribution >= 0.6 is 0 Å². The molecule has 5 rings (SSSR count). The van der Waals surface area contributed by atoms with E-state index in [-0.39, 0.29) is 6.10 Å². The molecule has 0 radical (unpaired) electrons. The number of halogens is 2. The van der Waals surface area contributed by atoms with Crippen molar-refractivity contribution in [3.63, 3.8) is 0 Å². The molecule has 0 amide bonds. The van der Waals surface area contributed by atoms with Crippen LogP contribution in [0.25, 0.3) is 5.65 Å². The molecule has 2 aliphatic rings. The highest BCUT2D eigenvalue weighted by molar-refractivity contribution is 5.53. The first-order chi connectivity index (χ1) is 14.1. The zero-order chi connectivity index (χ0) is 20.0. The Hall–Kier alpha value is -2.97. The second-order valence-corrected chi connectivity index (χ2v) is 7.45. The van der Waals surface area contributed by atoms with Crippen molar-refractivity contribution in [2.75, 3.05) is 24.6 Å². The number of ether oxygens (including phenoxy) is 2. The van der Waals surface area contributed by atoms with Gasteiger partial charge in [-0.25, -0.2) is 8.78 Å². The zero-order valence-electron chi connectivity index (χ0n) is 16.0. The molecule has 29 heavy (non-hydrogen) atoms. The number of hydrogen-bond donors (Lipinski definition) is 0. The second kappa shape index (κ2) is 7.13. The molecular formula is C20H21F2N5O2. The van der Waals surface area contributed by atoms with E-state index in [4.69, 9.17) is 9.47 Å². The van der Waals surface area contributed by atoms with Gasteiger partial charge >= 0.3 is 0 Å². The van der Waals surface area contributed by atoms with Crippen molar-refractivity contribution >= 4 is 11.5 Å². The predicted molar refractivity (Wildman–Crippen MR) is 102 cm³/mol. The molecule has 0 unspecified atom stereocenters. The fourth-order valence-corrected chi connectivity index (χ4v) is 3.98. The van der Waals surface area contributed by atoms with Crippen molar-refractivity contribution in [1.82, 2.24) is 19.8 Å². The average Bonchev–Trinajstić information content (AvgIpc) is 3.34. The summed E-state index contributed by atoms with van der Waals surface area (Å²) in [6, 6.07) is 7.77. The molecule has 0 saturated carbocycles. The summed E-state index contributed by atoms with van der Waals surface area (Å²) in [5.74, 6) is 1.99. The first-order valence-corrected chi connectivity index (χ1v) is 9.77. The standard InChI is InChI=1S/C20H21F2N5O2/c1-12-10-17-23-24-20(18(21)22)27(17)25-19(12)26-7-4-14(5-8-26)29-15-3-2-13-6-9-28-16(13)11-15/h2-3,10-11,14,18H,4-9H2,1H3. The lowest BCUT2D eigenvalue weighted by Gasteiger charge is -2.33. The number of fused-ring (bicyclic) bond motifs is 2. The summed E-state index contributed by atoms with van der Waals surface area (Å²) in [7, 11) is 0. The van der Waals surface area contributed by atoms with Crippen LogP contribution in [0.1, 0.15) is 36.2 Å². The maximum absolute atomic E-state index is 13.1. The maximum Gasteiger partial charge on any atom is 0.299 e. The van der Waals surface area contributed by atoms with Crippen LogP contribution in [0.2, 0.25) is 0 Å². The van der Waals surface area contributed by atoms with Gasteiger partial charge in [0.15, 0.2) is 11.5 Å². The Kier molecular flexibility index (Phi) is 4.44. The Morgan fingerprint density at radius 1 is 1.17 bits per heavy atom. The minimum atomic E-state index is -2.72. The van der Waals surface area contributed by atoms with E-state index in [1.807, 2.05) is 19.1 Å². The van der Waals surface area contributed by atoms with Crippen LogP contribution in [0.4, 0.5) is 14.6 Å². The molecule has 2 aliphatic heterocycles. The van der Waals surface area contributed by atoms with Crippen LogP contribution in [0.15, 0.2) is 24.3 Å². The van der Waals surface area contributed by atoms with Gasteiger partial charge < -0.3 is 14.4 Å². The van der Waals surface area contributed by atoms with E-state index in [2.05, 4.69) is 26.3 Å². The molecular weight excluding hydrogens is 380 g/mol. The molecule has 1 aromatic carbocycles. The molecule has 0 aliphatic carbocycles. The van der Waals surface area contributed by atoms with Crippen molar-refractivity contribution in [1.29, 1.82) is 0 Å². The van der Waals surface area contributed by atoms with E-state index >= 15 is 0 Å².